The first-order valence-electron chi connectivity index (χ1n) is 7.27. The van der Waals surface area contributed by atoms with E-state index in [4.69, 9.17) is 22.0 Å². The van der Waals surface area contributed by atoms with Crippen LogP contribution >= 0.6 is 11.6 Å². The predicted molar refractivity (Wildman–Crippen MR) is 96.2 cm³/mol. The van der Waals surface area contributed by atoms with Crippen LogP contribution in [-0.2, 0) is 10.0 Å². The third kappa shape index (κ3) is 3.58. The Morgan fingerprint density at radius 3 is 2.42 bits per heavy atom. The molecule has 1 heterocycles. The maximum absolute atomic E-state index is 14.2. The standard InChI is InChI=1S/C18H11ClFN3O2S/c19-17-6-11(1-2-12(17)8-21)13-5-14(10-23-9-13)16-7-15(26(22,24)25)3-4-18(16)20/h1-7,9-10H,(H2,22,24,25). The van der Waals surface area contributed by atoms with Crippen LogP contribution in [0.1, 0.15) is 5.56 Å². The van der Waals surface area contributed by atoms with Gasteiger partial charge in [0.05, 0.1) is 15.5 Å². The molecule has 0 amide bonds. The fourth-order valence-corrected chi connectivity index (χ4v) is 3.20. The van der Waals surface area contributed by atoms with Crippen molar-refractivity contribution in [3.8, 4) is 28.3 Å². The van der Waals surface area contributed by atoms with E-state index in [1.165, 1.54) is 6.20 Å². The molecule has 0 fully saturated rings. The van der Waals surface area contributed by atoms with Gasteiger partial charge in [0.1, 0.15) is 11.9 Å². The summed E-state index contributed by atoms with van der Waals surface area (Å²) >= 11 is 6.05. The molecular weight excluding hydrogens is 377 g/mol. The Kier molecular flexibility index (Phi) is 4.74. The van der Waals surface area contributed by atoms with Crippen LogP contribution in [0, 0.1) is 17.1 Å². The van der Waals surface area contributed by atoms with Crippen LogP contribution in [0.5, 0.6) is 0 Å². The Labute approximate surface area is 154 Å². The van der Waals surface area contributed by atoms with Gasteiger partial charge in [-0.25, -0.2) is 17.9 Å². The highest BCUT2D eigenvalue weighted by Crippen LogP contribution is 2.30. The SMILES string of the molecule is N#Cc1ccc(-c2cncc(-c3cc(S(N)(=O)=O)ccc3F)c2)cc1Cl. The highest BCUT2D eigenvalue weighted by Gasteiger charge is 2.14. The molecule has 3 rings (SSSR count). The second-order valence-electron chi connectivity index (χ2n) is 5.46. The summed E-state index contributed by atoms with van der Waals surface area (Å²) in [6.45, 7) is 0. The van der Waals surface area contributed by atoms with E-state index in [1.807, 2.05) is 6.07 Å². The minimum absolute atomic E-state index is 0.0608. The Hall–Kier alpha value is -2.79. The molecule has 0 bridgehead atoms. The Morgan fingerprint density at radius 1 is 1.04 bits per heavy atom. The number of aromatic nitrogens is 1. The second kappa shape index (κ2) is 6.84. The molecular formula is C18H11ClFN3O2S. The van der Waals surface area contributed by atoms with Crippen LogP contribution in [-0.4, -0.2) is 13.4 Å². The van der Waals surface area contributed by atoms with Gasteiger partial charge in [0.2, 0.25) is 10.0 Å². The average Bonchev–Trinajstić information content (AvgIpc) is 2.61. The maximum Gasteiger partial charge on any atom is 0.238 e. The number of hydrogen-bond acceptors (Lipinski definition) is 4. The lowest BCUT2D eigenvalue weighted by atomic mass is 10.0. The van der Waals surface area contributed by atoms with Gasteiger partial charge in [0, 0.05) is 29.1 Å². The van der Waals surface area contributed by atoms with Gasteiger partial charge in [-0.05, 0) is 42.0 Å². The van der Waals surface area contributed by atoms with E-state index in [9.17, 15) is 12.8 Å². The molecule has 2 N–H and O–H groups in total. The van der Waals surface area contributed by atoms with Gasteiger partial charge in [-0.15, -0.1) is 0 Å². The molecule has 2 aromatic carbocycles. The number of nitrogens with zero attached hydrogens (tertiary/aromatic N) is 2. The summed E-state index contributed by atoms with van der Waals surface area (Å²) in [4.78, 5) is 3.89. The molecule has 1 aromatic heterocycles. The van der Waals surface area contributed by atoms with Crippen LogP contribution in [0.25, 0.3) is 22.3 Å². The largest absolute Gasteiger partial charge is 0.263 e. The van der Waals surface area contributed by atoms with Crippen LogP contribution in [0.2, 0.25) is 5.02 Å². The number of benzene rings is 2. The number of hydrogen-bond donors (Lipinski definition) is 1. The summed E-state index contributed by atoms with van der Waals surface area (Å²) in [6, 6.07) is 11.8. The van der Waals surface area contributed by atoms with Gasteiger partial charge in [0.25, 0.3) is 0 Å². The summed E-state index contributed by atoms with van der Waals surface area (Å²) in [7, 11) is -3.96. The minimum atomic E-state index is -3.96. The van der Waals surface area contributed by atoms with Crippen molar-refractivity contribution in [1.29, 1.82) is 5.26 Å². The van der Waals surface area contributed by atoms with E-state index >= 15 is 0 Å². The Balaban J connectivity index is 2.11. The minimum Gasteiger partial charge on any atom is -0.263 e. The van der Waals surface area contributed by atoms with Crippen molar-refractivity contribution in [1.82, 2.24) is 4.98 Å². The Morgan fingerprint density at radius 2 is 1.77 bits per heavy atom. The predicted octanol–water partition coefficient (Wildman–Crippen LogP) is 3.73. The molecule has 8 heteroatoms. The maximum atomic E-state index is 14.2. The van der Waals surface area contributed by atoms with Crippen molar-refractivity contribution in [3.63, 3.8) is 0 Å². The lowest BCUT2D eigenvalue weighted by Crippen LogP contribution is -2.12. The highest BCUT2D eigenvalue weighted by molar-refractivity contribution is 7.89. The normalized spacial score (nSPS) is 11.2. The van der Waals surface area contributed by atoms with Gasteiger partial charge in [-0.3, -0.25) is 4.98 Å². The van der Waals surface area contributed by atoms with E-state index in [1.54, 1.807) is 30.5 Å². The molecule has 0 saturated carbocycles. The van der Waals surface area contributed by atoms with Crippen LogP contribution in [0.3, 0.4) is 0 Å². The monoisotopic (exact) mass is 387 g/mol. The van der Waals surface area contributed by atoms with Gasteiger partial charge in [-0.1, -0.05) is 17.7 Å². The van der Waals surface area contributed by atoms with Crippen molar-refractivity contribution < 1.29 is 12.8 Å². The molecule has 130 valence electrons. The molecule has 3 aromatic rings. The first-order chi connectivity index (χ1) is 12.3. The summed E-state index contributed by atoms with van der Waals surface area (Å²) in [5, 5.41) is 14.3. The smallest absolute Gasteiger partial charge is 0.238 e. The lowest BCUT2D eigenvalue weighted by Gasteiger charge is -2.08. The first-order valence-corrected chi connectivity index (χ1v) is 9.20. The molecule has 0 aliphatic rings. The fraction of sp³-hybridized carbons (Fsp3) is 0. The van der Waals surface area contributed by atoms with Crippen molar-refractivity contribution in [2.45, 2.75) is 4.90 Å². The average molecular weight is 388 g/mol. The lowest BCUT2D eigenvalue weighted by molar-refractivity contribution is 0.596. The molecule has 0 aliphatic carbocycles. The Bertz CT molecular complexity index is 1160. The molecule has 0 spiro atoms. The van der Waals surface area contributed by atoms with E-state index in [-0.39, 0.29) is 15.5 Å². The zero-order chi connectivity index (χ0) is 18.9. The summed E-state index contributed by atoms with van der Waals surface area (Å²) in [6.07, 6.45) is 2.97. The van der Waals surface area contributed by atoms with E-state index in [0.29, 0.717) is 22.3 Å². The topological polar surface area (TPSA) is 96.8 Å². The third-order valence-electron chi connectivity index (χ3n) is 3.74. The number of rotatable bonds is 3. The quantitative estimate of drug-likeness (QED) is 0.740. The molecule has 5 nitrogen and oxygen atoms in total. The van der Waals surface area contributed by atoms with Gasteiger partial charge in [-0.2, -0.15) is 5.26 Å². The molecule has 26 heavy (non-hydrogen) atoms. The number of sulfonamides is 1. The molecule has 0 aliphatic heterocycles. The van der Waals surface area contributed by atoms with Crippen molar-refractivity contribution >= 4 is 21.6 Å². The molecule has 0 unspecified atom stereocenters. The van der Waals surface area contributed by atoms with Gasteiger partial charge >= 0.3 is 0 Å². The number of halogens is 2. The van der Waals surface area contributed by atoms with Gasteiger partial charge < -0.3 is 0 Å². The summed E-state index contributed by atoms with van der Waals surface area (Å²) in [5.74, 6) is -0.603. The van der Waals surface area contributed by atoms with E-state index in [0.717, 1.165) is 18.2 Å². The number of nitrogens with two attached hydrogens (primary N) is 1. The van der Waals surface area contributed by atoms with E-state index < -0.39 is 15.8 Å². The van der Waals surface area contributed by atoms with Crippen LogP contribution in [0.4, 0.5) is 4.39 Å². The molecule has 0 radical (unpaired) electrons. The van der Waals surface area contributed by atoms with Crippen molar-refractivity contribution in [3.05, 3.63) is 71.3 Å². The zero-order valence-corrected chi connectivity index (χ0v) is 14.7. The highest BCUT2D eigenvalue weighted by atomic mass is 35.5. The van der Waals surface area contributed by atoms with Gasteiger partial charge in [0.15, 0.2) is 0 Å². The first kappa shape index (κ1) is 18.0. The molecule has 0 atom stereocenters. The second-order valence-corrected chi connectivity index (χ2v) is 7.42. The van der Waals surface area contributed by atoms with Crippen LogP contribution in [0.15, 0.2) is 59.8 Å². The fourth-order valence-electron chi connectivity index (χ4n) is 2.43. The number of nitriles is 1. The molecule has 0 saturated heterocycles. The third-order valence-corrected chi connectivity index (χ3v) is 4.96. The summed E-state index contributed by atoms with van der Waals surface area (Å²) in [5.41, 5.74) is 2.10. The van der Waals surface area contributed by atoms with Crippen molar-refractivity contribution in [2.75, 3.05) is 0 Å². The van der Waals surface area contributed by atoms with E-state index in [2.05, 4.69) is 4.98 Å². The van der Waals surface area contributed by atoms with Crippen LogP contribution < -0.4 is 5.14 Å². The van der Waals surface area contributed by atoms with Crippen molar-refractivity contribution in [2.24, 2.45) is 5.14 Å². The zero-order valence-electron chi connectivity index (χ0n) is 13.1. The number of pyridine rings is 1. The number of primary sulfonamides is 1. The summed E-state index contributed by atoms with van der Waals surface area (Å²) < 4.78 is 37.2.